The van der Waals surface area contributed by atoms with Gasteiger partial charge in [0.15, 0.2) is 5.78 Å². The second kappa shape index (κ2) is 17.5. The van der Waals surface area contributed by atoms with Gasteiger partial charge >= 0.3 is 0 Å². The van der Waals surface area contributed by atoms with E-state index >= 15 is 4.39 Å². The Bertz CT molecular complexity index is 1350. The Morgan fingerprint density at radius 3 is 2.49 bits per heavy atom. The van der Waals surface area contributed by atoms with Crippen molar-refractivity contribution in [2.45, 2.75) is 86.6 Å². The number of aliphatic hydroxyl groups excluding tert-OH is 1. The van der Waals surface area contributed by atoms with E-state index in [2.05, 4.69) is 33.4 Å². The number of nitrogens with zero attached hydrogens (tertiary/aromatic N) is 5. The first-order valence-corrected chi connectivity index (χ1v) is 15.4. The molecule has 1 aliphatic heterocycles. The lowest BCUT2D eigenvalue weighted by Crippen LogP contribution is -2.34. The van der Waals surface area contributed by atoms with E-state index in [1.54, 1.807) is 12.1 Å². The van der Waals surface area contributed by atoms with E-state index in [-0.39, 0.29) is 36.3 Å². The molecule has 1 saturated heterocycles. The highest BCUT2D eigenvalue weighted by atomic mass is 19.1. The summed E-state index contributed by atoms with van der Waals surface area (Å²) in [4.78, 5) is 19.4. The molecule has 0 bridgehead atoms. The Morgan fingerprint density at radius 1 is 1.21 bits per heavy atom. The van der Waals surface area contributed by atoms with Gasteiger partial charge in [0.25, 0.3) is 0 Å². The number of benzene rings is 1. The molecule has 3 rings (SSSR count). The van der Waals surface area contributed by atoms with Gasteiger partial charge in [-0.2, -0.15) is 0 Å². The quantitative estimate of drug-likeness (QED) is 0.188. The van der Waals surface area contributed by atoms with Crippen LogP contribution in [0.4, 0.5) is 4.39 Å². The minimum atomic E-state index is -0.524. The molecule has 1 aromatic carbocycles. The van der Waals surface area contributed by atoms with Crippen molar-refractivity contribution in [1.82, 2.24) is 19.9 Å². The molecule has 0 radical (unpaired) electrons. The number of hydrogen-bond donors (Lipinski definition) is 1. The number of carbonyl (C=O) groups excluding carboxylic acids is 1. The van der Waals surface area contributed by atoms with Crippen LogP contribution in [0.2, 0.25) is 0 Å². The van der Waals surface area contributed by atoms with Gasteiger partial charge in [0, 0.05) is 32.3 Å². The highest BCUT2D eigenvalue weighted by molar-refractivity contribution is 5.97. The first-order chi connectivity index (χ1) is 20.6. The molecule has 0 saturated carbocycles. The molecule has 43 heavy (non-hydrogen) atoms. The number of Topliss-reactive ketones (excluding diaryl/α,β-unsaturated/α-hetero) is 1. The molecular weight excluding hydrogens is 541 g/mol. The highest BCUT2D eigenvalue weighted by Gasteiger charge is 2.25. The largest absolute Gasteiger partial charge is 0.396 e. The molecule has 234 valence electrons. The zero-order valence-corrected chi connectivity index (χ0v) is 27.2. The summed E-state index contributed by atoms with van der Waals surface area (Å²) in [5.74, 6) is 0.237. The van der Waals surface area contributed by atoms with E-state index in [1.165, 1.54) is 6.07 Å². The highest BCUT2D eigenvalue weighted by Crippen LogP contribution is 2.29. The molecule has 0 amide bonds. The van der Waals surface area contributed by atoms with Crippen molar-refractivity contribution in [1.29, 1.82) is 0 Å². The number of rotatable bonds is 13. The van der Waals surface area contributed by atoms with Crippen molar-refractivity contribution in [3.63, 3.8) is 0 Å². The lowest BCUT2D eigenvalue weighted by atomic mass is 9.93. The summed E-state index contributed by atoms with van der Waals surface area (Å²) in [5, 5.41) is 18.0. The minimum absolute atomic E-state index is 0.0898. The molecule has 1 unspecified atom stereocenters. The van der Waals surface area contributed by atoms with Crippen LogP contribution in [-0.2, 0) is 0 Å². The number of piperidine rings is 1. The van der Waals surface area contributed by atoms with Gasteiger partial charge in [0.05, 0.1) is 17.3 Å². The van der Waals surface area contributed by atoms with Crippen molar-refractivity contribution < 1.29 is 14.3 Å². The molecule has 2 aromatic rings. The lowest BCUT2D eigenvalue weighted by Gasteiger charge is -2.33. The zero-order valence-electron chi connectivity index (χ0n) is 27.2. The number of likely N-dealkylation sites (tertiary alicyclic amines) is 1. The van der Waals surface area contributed by atoms with Crippen molar-refractivity contribution in [3.05, 3.63) is 76.7 Å². The third-order valence-electron chi connectivity index (χ3n) is 7.88. The molecular formula is C35H50FN5O2. The maximum Gasteiger partial charge on any atom is 0.165 e. The molecule has 1 atom stereocenters. The molecule has 7 nitrogen and oxygen atoms in total. The predicted molar refractivity (Wildman–Crippen MR) is 177 cm³/mol. The molecule has 8 heteroatoms. The van der Waals surface area contributed by atoms with Crippen molar-refractivity contribution in [2.24, 2.45) is 10.9 Å². The summed E-state index contributed by atoms with van der Waals surface area (Å²) in [6, 6.07) is 3.25. The number of ketones is 1. The van der Waals surface area contributed by atoms with Crippen LogP contribution in [0.25, 0.3) is 17.7 Å². The second-order valence-corrected chi connectivity index (χ2v) is 11.0. The van der Waals surface area contributed by atoms with Gasteiger partial charge in [-0.3, -0.25) is 4.79 Å². The third-order valence-corrected chi connectivity index (χ3v) is 7.88. The third kappa shape index (κ3) is 9.68. The molecule has 1 aromatic heterocycles. The standard InChI is InChI=1S/C33H44FN5O2.C2H6/c1-8-22(3)21-35-26(7)38-15-12-27(13-16-38)39-32(9-2)31(36-37-39)19-25(6)28-20-30(34)29(18-24(28)5)33(41)11-10-23(4)14-17-40;1-2/h8-9,18-21,23,27,40H,2,7,10-17H2,1,3-6H3;1-2H3/b22-8-,25-19+,35-21-;. The molecule has 0 spiro atoms. The molecule has 1 fully saturated rings. The van der Waals surface area contributed by atoms with Gasteiger partial charge in [-0.25, -0.2) is 14.1 Å². The van der Waals surface area contributed by atoms with E-state index in [4.69, 9.17) is 5.11 Å². The summed E-state index contributed by atoms with van der Waals surface area (Å²) in [6.07, 6.45) is 10.8. The Hall–Kier alpha value is -3.65. The SMILES string of the molecule is C=Cc1c(/C=C(\C)c2cc(F)c(C(=O)CCC(C)CCO)cc2C)nnn1C1CCN(C(=C)/N=C\C(C)=C/C)CC1.CC. The van der Waals surface area contributed by atoms with Crippen LogP contribution in [0.3, 0.4) is 0 Å². The molecule has 0 aliphatic carbocycles. The Morgan fingerprint density at radius 2 is 1.88 bits per heavy atom. The number of aromatic nitrogens is 3. The molecule has 1 N–H and O–H groups in total. The average Bonchev–Trinajstić information content (AvgIpc) is 3.42. The molecule has 2 heterocycles. The Kier molecular flexibility index (Phi) is 14.4. The number of aliphatic hydroxyl groups is 1. The van der Waals surface area contributed by atoms with Crippen LogP contribution in [0.1, 0.15) is 113 Å². The van der Waals surface area contributed by atoms with Crippen molar-refractivity contribution in [2.75, 3.05) is 19.7 Å². The van der Waals surface area contributed by atoms with Gasteiger partial charge in [0.2, 0.25) is 0 Å². The molecule has 1 aliphatic rings. The van der Waals surface area contributed by atoms with Crippen LogP contribution in [0, 0.1) is 18.7 Å². The summed E-state index contributed by atoms with van der Waals surface area (Å²) >= 11 is 0. The Balaban J connectivity index is 0.00000316. The van der Waals surface area contributed by atoms with Crippen LogP contribution in [0.15, 0.2) is 47.8 Å². The smallest absolute Gasteiger partial charge is 0.165 e. The van der Waals surface area contributed by atoms with Gasteiger partial charge < -0.3 is 10.0 Å². The summed E-state index contributed by atoms with van der Waals surface area (Å²) in [5.41, 5.74) is 5.07. The van der Waals surface area contributed by atoms with E-state index in [0.717, 1.165) is 59.7 Å². The number of carbonyl (C=O) groups is 1. The monoisotopic (exact) mass is 591 g/mol. The fraction of sp³-hybridized carbons (Fsp3) is 0.486. The summed E-state index contributed by atoms with van der Waals surface area (Å²) in [6.45, 7) is 23.6. The van der Waals surface area contributed by atoms with Crippen LogP contribution < -0.4 is 0 Å². The Labute approximate surface area is 257 Å². The number of aliphatic imine (C=N–C) groups is 1. The average molecular weight is 592 g/mol. The maximum atomic E-state index is 15.1. The van der Waals surface area contributed by atoms with Crippen LogP contribution in [-0.4, -0.2) is 56.7 Å². The van der Waals surface area contributed by atoms with E-state index in [9.17, 15) is 4.79 Å². The van der Waals surface area contributed by atoms with E-state index in [1.807, 2.05) is 71.5 Å². The van der Waals surface area contributed by atoms with E-state index < -0.39 is 5.82 Å². The van der Waals surface area contributed by atoms with Gasteiger partial charge in [-0.05, 0) is 106 Å². The number of hydrogen-bond acceptors (Lipinski definition) is 6. The van der Waals surface area contributed by atoms with Gasteiger partial charge in [-0.1, -0.05) is 45.2 Å². The van der Waals surface area contributed by atoms with Crippen LogP contribution >= 0.6 is 0 Å². The second-order valence-electron chi connectivity index (χ2n) is 11.0. The maximum absolute atomic E-state index is 15.1. The first kappa shape index (κ1) is 35.5. The number of halogens is 1. The summed E-state index contributed by atoms with van der Waals surface area (Å²) in [7, 11) is 0. The van der Waals surface area contributed by atoms with Gasteiger partial charge in [-0.15, -0.1) is 5.10 Å². The predicted octanol–water partition coefficient (Wildman–Crippen LogP) is 8.08. The minimum Gasteiger partial charge on any atom is -0.396 e. The zero-order chi connectivity index (χ0) is 32.1. The fourth-order valence-electron chi connectivity index (χ4n) is 5.06. The van der Waals surface area contributed by atoms with Crippen molar-refractivity contribution >= 4 is 29.7 Å². The van der Waals surface area contributed by atoms with Crippen molar-refractivity contribution in [3.8, 4) is 0 Å². The lowest BCUT2D eigenvalue weighted by molar-refractivity contribution is 0.0968. The topological polar surface area (TPSA) is 83.6 Å². The number of aryl methyl sites for hydroxylation is 1. The van der Waals surface area contributed by atoms with Crippen LogP contribution in [0.5, 0.6) is 0 Å². The first-order valence-electron chi connectivity index (χ1n) is 15.4. The van der Waals surface area contributed by atoms with E-state index in [0.29, 0.717) is 18.5 Å². The normalized spacial score (nSPS) is 15.3. The van der Waals surface area contributed by atoms with Gasteiger partial charge in [0.1, 0.15) is 17.3 Å². The summed E-state index contributed by atoms with van der Waals surface area (Å²) < 4.78 is 17.0. The number of allylic oxidation sites excluding steroid dienone is 3. The fourth-order valence-corrected chi connectivity index (χ4v) is 5.06.